The first kappa shape index (κ1) is 20.7. The van der Waals surface area contributed by atoms with Crippen molar-refractivity contribution < 1.29 is 18.8 Å². The van der Waals surface area contributed by atoms with Gasteiger partial charge in [-0.2, -0.15) is 0 Å². The second kappa shape index (κ2) is 7.94. The molecular weight excluding hydrogens is 396 g/mol. The van der Waals surface area contributed by atoms with Crippen LogP contribution in [0.4, 0.5) is 10.6 Å². The summed E-state index contributed by atoms with van der Waals surface area (Å²) < 4.78 is 10.6. The molecule has 0 saturated carbocycles. The van der Waals surface area contributed by atoms with E-state index < -0.39 is 5.60 Å². The van der Waals surface area contributed by atoms with Gasteiger partial charge in [-0.15, -0.1) is 0 Å². The summed E-state index contributed by atoms with van der Waals surface area (Å²) in [5.41, 5.74) is 8.38. The molecule has 162 valence electrons. The Kier molecular flexibility index (Phi) is 5.31. The van der Waals surface area contributed by atoms with Crippen LogP contribution in [0.15, 0.2) is 47.0 Å². The first-order chi connectivity index (χ1) is 14.7. The van der Waals surface area contributed by atoms with Crippen LogP contribution in [0, 0.1) is 0 Å². The number of hydrogen-bond acceptors (Lipinski definition) is 6. The fraction of sp³-hybridized carbons (Fsp3) is 0.348. The lowest BCUT2D eigenvalue weighted by atomic mass is 10.0. The van der Waals surface area contributed by atoms with E-state index in [9.17, 15) is 9.59 Å². The molecule has 1 saturated heterocycles. The summed E-state index contributed by atoms with van der Waals surface area (Å²) in [7, 11) is 0. The Morgan fingerprint density at radius 2 is 1.58 bits per heavy atom. The van der Waals surface area contributed by atoms with Crippen molar-refractivity contribution in [2.24, 2.45) is 0 Å². The third kappa shape index (κ3) is 4.47. The Balaban J connectivity index is 1.40. The van der Waals surface area contributed by atoms with E-state index in [1.54, 1.807) is 9.80 Å². The van der Waals surface area contributed by atoms with E-state index in [0.29, 0.717) is 43.1 Å². The lowest BCUT2D eigenvalue weighted by Crippen LogP contribution is -2.51. The van der Waals surface area contributed by atoms with E-state index in [1.165, 1.54) is 0 Å². The van der Waals surface area contributed by atoms with E-state index in [2.05, 4.69) is 5.16 Å². The molecule has 1 aromatic heterocycles. The highest BCUT2D eigenvalue weighted by Crippen LogP contribution is 2.27. The molecule has 4 rings (SSSR count). The molecule has 0 atom stereocenters. The average molecular weight is 422 g/mol. The molecule has 0 bridgehead atoms. The maximum atomic E-state index is 12.9. The van der Waals surface area contributed by atoms with E-state index in [4.69, 9.17) is 15.0 Å². The second-order valence-corrected chi connectivity index (χ2v) is 8.62. The molecule has 3 aromatic rings. The van der Waals surface area contributed by atoms with Crippen LogP contribution in [0.1, 0.15) is 31.1 Å². The number of hydrogen-bond donors (Lipinski definition) is 1. The molecule has 0 radical (unpaired) electrons. The number of anilines is 1. The molecule has 8 heteroatoms. The van der Waals surface area contributed by atoms with Crippen LogP contribution in [0.25, 0.3) is 22.1 Å². The Labute approximate surface area is 180 Å². The van der Waals surface area contributed by atoms with Crippen LogP contribution in [0.5, 0.6) is 0 Å². The van der Waals surface area contributed by atoms with Gasteiger partial charge in [0.15, 0.2) is 11.4 Å². The van der Waals surface area contributed by atoms with Crippen LogP contribution in [-0.4, -0.2) is 58.7 Å². The van der Waals surface area contributed by atoms with Gasteiger partial charge in [-0.25, -0.2) is 4.79 Å². The minimum absolute atomic E-state index is 0.0474. The number of carbonyl (C=O) groups is 2. The molecule has 1 aliphatic heterocycles. The molecule has 31 heavy (non-hydrogen) atoms. The smallest absolute Gasteiger partial charge is 0.410 e. The van der Waals surface area contributed by atoms with Gasteiger partial charge in [-0.05, 0) is 56.2 Å². The monoisotopic (exact) mass is 422 g/mol. The Bertz CT molecular complexity index is 1110. The standard InChI is InChI=1S/C23H26N4O4/c1-23(2,3)30-22(29)27-12-10-26(11-13-27)21(28)16-6-4-15(5-7-16)17-8-9-18-19(14-17)31-25-20(18)24/h4-9,14H,10-13H2,1-3H3,(H2,24,25). The Morgan fingerprint density at radius 3 is 2.23 bits per heavy atom. The number of ether oxygens (including phenoxy) is 1. The highest BCUT2D eigenvalue weighted by atomic mass is 16.6. The van der Waals surface area contributed by atoms with Gasteiger partial charge in [0, 0.05) is 31.7 Å². The topological polar surface area (TPSA) is 102 Å². The van der Waals surface area contributed by atoms with E-state index in [-0.39, 0.29) is 12.0 Å². The number of nitrogen functional groups attached to an aromatic ring is 1. The number of fused-ring (bicyclic) bond motifs is 1. The van der Waals surface area contributed by atoms with Crippen molar-refractivity contribution in [2.75, 3.05) is 31.9 Å². The average Bonchev–Trinajstić information content (AvgIpc) is 3.12. The lowest BCUT2D eigenvalue weighted by molar-refractivity contribution is 0.0141. The number of nitrogens with zero attached hydrogens (tertiary/aromatic N) is 3. The molecule has 0 unspecified atom stereocenters. The molecule has 2 aromatic carbocycles. The molecule has 1 aliphatic rings. The predicted molar refractivity (Wildman–Crippen MR) is 118 cm³/mol. The van der Waals surface area contributed by atoms with Crippen molar-refractivity contribution in [3.05, 3.63) is 48.0 Å². The number of amides is 2. The first-order valence-electron chi connectivity index (χ1n) is 10.2. The molecule has 0 spiro atoms. The van der Waals surface area contributed by atoms with Gasteiger partial charge < -0.3 is 24.8 Å². The summed E-state index contributed by atoms with van der Waals surface area (Å²) in [5.74, 6) is 0.322. The SMILES string of the molecule is CC(C)(C)OC(=O)N1CCN(C(=O)c2ccc(-c3ccc4c(N)noc4c3)cc2)CC1. The number of nitrogens with two attached hydrogens (primary N) is 1. The zero-order chi connectivity index (χ0) is 22.2. The lowest BCUT2D eigenvalue weighted by Gasteiger charge is -2.35. The molecule has 1 fully saturated rings. The summed E-state index contributed by atoms with van der Waals surface area (Å²) in [6.45, 7) is 7.39. The van der Waals surface area contributed by atoms with Gasteiger partial charge in [-0.1, -0.05) is 23.4 Å². The van der Waals surface area contributed by atoms with Gasteiger partial charge >= 0.3 is 6.09 Å². The number of aromatic nitrogens is 1. The molecule has 0 aliphatic carbocycles. The zero-order valence-electron chi connectivity index (χ0n) is 17.9. The molecule has 8 nitrogen and oxygen atoms in total. The minimum atomic E-state index is -0.531. The van der Waals surface area contributed by atoms with Crippen molar-refractivity contribution in [1.29, 1.82) is 0 Å². The zero-order valence-corrected chi connectivity index (χ0v) is 17.9. The Morgan fingerprint density at radius 1 is 0.968 bits per heavy atom. The number of carbonyl (C=O) groups excluding carboxylic acids is 2. The summed E-state index contributed by atoms with van der Waals surface area (Å²) in [5, 5.41) is 4.55. The van der Waals surface area contributed by atoms with Gasteiger partial charge in [0.2, 0.25) is 0 Å². The third-order valence-electron chi connectivity index (χ3n) is 5.18. The fourth-order valence-corrected chi connectivity index (χ4v) is 3.54. The highest BCUT2D eigenvalue weighted by Gasteiger charge is 2.28. The second-order valence-electron chi connectivity index (χ2n) is 8.62. The first-order valence-corrected chi connectivity index (χ1v) is 10.2. The van der Waals surface area contributed by atoms with Gasteiger partial charge in [0.1, 0.15) is 5.60 Å². The quantitative estimate of drug-likeness (QED) is 0.674. The van der Waals surface area contributed by atoms with Crippen LogP contribution < -0.4 is 5.73 Å². The maximum Gasteiger partial charge on any atom is 0.410 e. The van der Waals surface area contributed by atoms with Gasteiger partial charge in [-0.3, -0.25) is 4.79 Å². The van der Waals surface area contributed by atoms with Crippen LogP contribution in [0.3, 0.4) is 0 Å². The normalized spacial score (nSPS) is 14.7. The molecule has 2 amide bonds. The summed E-state index contributed by atoms with van der Waals surface area (Å²) >= 11 is 0. The predicted octanol–water partition coefficient (Wildman–Crippen LogP) is 3.77. The van der Waals surface area contributed by atoms with E-state index >= 15 is 0 Å². The van der Waals surface area contributed by atoms with Crippen molar-refractivity contribution >= 4 is 28.8 Å². The van der Waals surface area contributed by atoms with Gasteiger partial charge in [0.25, 0.3) is 5.91 Å². The van der Waals surface area contributed by atoms with Crippen molar-refractivity contribution in [1.82, 2.24) is 15.0 Å². The summed E-state index contributed by atoms with van der Waals surface area (Å²) in [6.07, 6.45) is -0.338. The van der Waals surface area contributed by atoms with E-state index in [0.717, 1.165) is 16.5 Å². The van der Waals surface area contributed by atoms with Crippen LogP contribution in [-0.2, 0) is 4.74 Å². The van der Waals surface area contributed by atoms with Gasteiger partial charge in [0.05, 0.1) is 5.39 Å². The van der Waals surface area contributed by atoms with Crippen molar-refractivity contribution in [3.8, 4) is 11.1 Å². The third-order valence-corrected chi connectivity index (χ3v) is 5.18. The Hall–Kier alpha value is -3.55. The molecule has 2 N–H and O–H groups in total. The van der Waals surface area contributed by atoms with E-state index in [1.807, 2.05) is 63.2 Å². The number of piperazine rings is 1. The number of benzene rings is 2. The number of rotatable bonds is 2. The molecule has 2 heterocycles. The summed E-state index contributed by atoms with van der Waals surface area (Å²) in [6, 6.07) is 13.2. The van der Waals surface area contributed by atoms with Crippen molar-refractivity contribution in [2.45, 2.75) is 26.4 Å². The highest BCUT2D eigenvalue weighted by molar-refractivity contribution is 5.95. The maximum absolute atomic E-state index is 12.9. The minimum Gasteiger partial charge on any atom is -0.444 e. The molecular formula is C23H26N4O4. The summed E-state index contributed by atoms with van der Waals surface area (Å²) in [4.78, 5) is 28.5. The fourth-order valence-electron chi connectivity index (χ4n) is 3.54. The van der Waals surface area contributed by atoms with Crippen molar-refractivity contribution in [3.63, 3.8) is 0 Å². The van der Waals surface area contributed by atoms with Crippen LogP contribution in [0.2, 0.25) is 0 Å². The van der Waals surface area contributed by atoms with Crippen LogP contribution >= 0.6 is 0 Å². The largest absolute Gasteiger partial charge is 0.444 e.